The zero-order chi connectivity index (χ0) is 7.72. The maximum Gasteiger partial charge on any atom is 0.193 e. The van der Waals surface area contributed by atoms with Crippen molar-refractivity contribution in [3.05, 3.63) is 25.6 Å². The van der Waals surface area contributed by atoms with Gasteiger partial charge in [0.05, 0.1) is 4.47 Å². The van der Waals surface area contributed by atoms with Crippen molar-refractivity contribution in [2.75, 3.05) is 0 Å². The lowest BCUT2D eigenvalue weighted by Gasteiger charge is -1.96. The van der Waals surface area contributed by atoms with Crippen LogP contribution >= 0.6 is 47.8 Å². The first-order valence-corrected chi connectivity index (χ1v) is 4.80. The van der Waals surface area contributed by atoms with Crippen LogP contribution < -0.4 is 0 Å². The fraction of sp³-hybridized carbons (Fsp3) is 0. The maximum atomic E-state index is 10.9. The molecule has 0 spiro atoms. The highest BCUT2D eigenvalue weighted by Crippen LogP contribution is 2.33. The molecular formula is C6H2Br3O. The van der Waals surface area contributed by atoms with E-state index in [0.29, 0.717) is 4.47 Å². The summed E-state index contributed by atoms with van der Waals surface area (Å²) in [5.41, 5.74) is 0. The fourth-order valence-electron chi connectivity index (χ4n) is 0.504. The smallest absolute Gasteiger partial charge is 0.193 e. The van der Waals surface area contributed by atoms with Crippen LogP contribution in [0, 0.1) is 0 Å². The van der Waals surface area contributed by atoms with Gasteiger partial charge in [-0.05, 0) is 53.9 Å². The molecule has 0 N–H and O–H groups in total. The summed E-state index contributed by atoms with van der Waals surface area (Å²) in [6.45, 7) is 0. The molecule has 0 aliphatic carbocycles. The summed E-state index contributed by atoms with van der Waals surface area (Å²) in [5.74, 6) is -0.0184. The summed E-state index contributed by atoms with van der Waals surface area (Å²) < 4.78 is 2.22. The summed E-state index contributed by atoms with van der Waals surface area (Å²) in [6, 6.07) is 3.22. The van der Waals surface area contributed by atoms with Gasteiger partial charge in [0.25, 0.3) is 0 Å². The maximum absolute atomic E-state index is 10.9. The molecule has 0 atom stereocenters. The molecule has 0 saturated heterocycles. The van der Waals surface area contributed by atoms with E-state index in [9.17, 15) is 5.11 Å². The number of hydrogen-bond acceptors (Lipinski definition) is 0. The predicted octanol–water partition coefficient (Wildman–Crippen LogP) is 4.12. The minimum Gasteiger partial charge on any atom is -0.289 e. The number of benzene rings is 1. The average molecular weight is 330 g/mol. The molecule has 0 fully saturated rings. The van der Waals surface area contributed by atoms with Crippen LogP contribution in [0.5, 0.6) is 5.75 Å². The van der Waals surface area contributed by atoms with E-state index in [4.69, 9.17) is 0 Å². The minimum absolute atomic E-state index is 0.0184. The SMILES string of the molecule is [O]c1cc(Br)c(Br)cc1Br. The Morgan fingerprint density at radius 1 is 0.900 bits per heavy atom. The van der Waals surface area contributed by atoms with Crippen molar-refractivity contribution in [3.63, 3.8) is 0 Å². The molecule has 53 valence electrons. The predicted molar refractivity (Wildman–Crippen MR) is 49.7 cm³/mol. The lowest BCUT2D eigenvalue weighted by atomic mass is 10.3. The highest BCUT2D eigenvalue weighted by Gasteiger charge is 2.03. The Morgan fingerprint density at radius 2 is 1.40 bits per heavy atom. The van der Waals surface area contributed by atoms with Crippen LogP contribution in [-0.2, 0) is 5.11 Å². The second-order valence-corrected chi connectivity index (χ2v) is 4.26. The Balaban J connectivity index is 3.28. The Morgan fingerprint density at radius 3 is 1.90 bits per heavy atom. The molecule has 1 aromatic rings. The minimum atomic E-state index is -0.0184. The molecule has 0 amide bonds. The van der Waals surface area contributed by atoms with E-state index in [-0.39, 0.29) is 5.75 Å². The van der Waals surface area contributed by atoms with Crippen molar-refractivity contribution >= 4 is 47.8 Å². The molecule has 1 radical (unpaired) electrons. The first-order valence-electron chi connectivity index (χ1n) is 2.43. The topological polar surface area (TPSA) is 19.9 Å². The van der Waals surface area contributed by atoms with Crippen LogP contribution in [0.25, 0.3) is 0 Å². The monoisotopic (exact) mass is 327 g/mol. The van der Waals surface area contributed by atoms with Crippen LogP contribution in [0.1, 0.15) is 0 Å². The third kappa shape index (κ3) is 1.74. The molecule has 0 aliphatic heterocycles. The zero-order valence-electron chi connectivity index (χ0n) is 4.70. The van der Waals surface area contributed by atoms with Gasteiger partial charge in [0.1, 0.15) is 0 Å². The van der Waals surface area contributed by atoms with Gasteiger partial charge in [0.15, 0.2) is 5.75 Å². The largest absolute Gasteiger partial charge is 0.289 e. The lowest BCUT2D eigenvalue weighted by molar-refractivity contribution is 0.352. The molecule has 0 aromatic heterocycles. The summed E-state index contributed by atoms with van der Waals surface area (Å²) >= 11 is 9.59. The first-order chi connectivity index (χ1) is 4.61. The van der Waals surface area contributed by atoms with Gasteiger partial charge in [-0.15, -0.1) is 0 Å². The van der Waals surface area contributed by atoms with Gasteiger partial charge in [0.2, 0.25) is 0 Å². The van der Waals surface area contributed by atoms with Gasteiger partial charge >= 0.3 is 0 Å². The highest BCUT2D eigenvalue weighted by atomic mass is 79.9. The standard InChI is InChI=1S/C6H2Br3O/c7-3-1-5(9)6(10)2-4(3)8/h1-2H. The Labute approximate surface area is 83.8 Å². The van der Waals surface area contributed by atoms with Crippen LogP contribution in [0.3, 0.4) is 0 Å². The van der Waals surface area contributed by atoms with E-state index < -0.39 is 0 Å². The molecule has 0 unspecified atom stereocenters. The van der Waals surface area contributed by atoms with Gasteiger partial charge in [-0.3, -0.25) is 5.11 Å². The van der Waals surface area contributed by atoms with Crippen molar-refractivity contribution in [1.82, 2.24) is 0 Å². The summed E-state index contributed by atoms with van der Waals surface area (Å²) in [4.78, 5) is 0. The fourth-order valence-corrected chi connectivity index (χ4v) is 1.82. The second kappa shape index (κ2) is 3.24. The summed E-state index contributed by atoms with van der Waals surface area (Å²) in [5, 5.41) is 10.9. The second-order valence-electron chi connectivity index (χ2n) is 1.70. The summed E-state index contributed by atoms with van der Waals surface area (Å²) in [7, 11) is 0. The number of hydrogen-bond donors (Lipinski definition) is 0. The van der Waals surface area contributed by atoms with Gasteiger partial charge in [-0.2, -0.15) is 0 Å². The van der Waals surface area contributed by atoms with Crippen LogP contribution in [-0.4, -0.2) is 0 Å². The van der Waals surface area contributed by atoms with E-state index in [1.54, 1.807) is 6.07 Å². The molecule has 1 aromatic carbocycles. The molecule has 1 rings (SSSR count). The first kappa shape index (κ1) is 8.56. The third-order valence-electron chi connectivity index (χ3n) is 0.975. The van der Waals surface area contributed by atoms with E-state index in [2.05, 4.69) is 47.8 Å². The van der Waals surface area contributed by atoms with E-state index in [0.717, 1.165) is 8.95 Å². The van der Waals surface area contributed by atoms with Crippen molar-refractivity contribution in [3.8, 4) is 5.75 Å². The molecule has 1 nitrogen and oxygen atoms in total. The molecule has 0 saturated carbocycles. The lowest BCUT2D eigenvalue weighted by Crippen LogP contribution is -1.70. The number of halogens is 3. The van der Waals surface area contributed by atoms with Crippen molar-refractivity contribution in [1.29, 1.82) is 0 Å². The molecule has 0 heterocycles. The third-order valence-corrected chi connectivity index (χ3v) is 3.44. The zero-order valence-corrected chi connectivity index (χ0v) is 9.45. The van der Waals surface area contributed by atoms with Crippen LogP contribution in [0.15, 0.2) is 25.6 Å². The molecule has 4 heteroatoms. The van der Waals surface area contributed by atoms with Gasteiger partial charge in [0, 0.05) is 15.0 Å². The van der Waals surface area contributed by atoms with Crippen molar-refractivity contribution in [2.45, 2.75) is 0 Å². The quantitative estimate of drug-likeness (QED) is 0.638. The van der Waals surface area contributed by atoms with E-state index in [1.807, 2.05) is 0 Å². The Kier molecular flexibility index (Phi) is 2.77. The van der Waals surface area contributed by atoms with E-state index in [1.165, 1.54) is 6.07 Å². The Bertz CT molecular complexity index is 209. The molecule has 0 bridgehead atoms. The van der Waals surface area contributed by atoms with Crippen LogP contribution in [0.4, 0.5) is 0 Å². The van der Waals surface area contributed by atoms with Gasteiger partial charge in [-0.25, -0.2) is 0 Å². The Hall–Kier alpha value is 0.460. The van der Waals surface area contributed by atoms with E-state index >= 15 is 0 Å². The number of rotatable bonds is 0. The van der Waals surface area contributed by atoms with Gasteiger partial charge in [-0.1, -0.05) is 0 Å². The van der Waals surface area contributed by atoms with Crippen molar-refractivity contribution < 1.29 is 5.11 Å². The van der Waals surface area contributed by atoms with Gasteiger partial charge < -0.3 is 0 Å². The molecule has 10 heavy (non-hydrogen) atoms. The average Bonchev–Trinajstić information content (AvgIpc) is 1.84. The summed E-state index contributed by atoms with van der Waals surface area (Å²) in [6.07, 6.45) is 0. The van der Waals surface area contributed by atoms with Crippen LogP contribution in [0.2, 0.25) is 0 Å². The van der Waals surface area contributed by atoms with Crippen molar-refractivity contribution in [2.24, 2.45) is 0 Å². The molecular weight excluding hydrogens is 328 g/mol. The highest BCUT2D eigenvalue weighted by molar-refractivity contribution is 9.13. The molecule has 0 aliphatic rings. The normalized spacial score (nSPS) is 9.90.